The van der Waals surface area contributed by atoms with Crippen LogP contribution >= 0.6 is 11.6 Å². The van der Waals surface area contributed by atoms with Crippen LogP contribution < -0.4 is 14.4 Å². The van der Waals surface area contributed by atoms with Gasteiger partial charge in [-0.15, -0.1) is 0 Å². The minimum atomic E-state index is -3.80. The van der Waals surface area contributed by atoms with Gasteiger partial charge in [0, 0.05) is 0 Å². The lowest BCUT2D eigenvalue weighted by atomic mass is 9.94. The van der Waals surface area contributed by atoms with E-state index in [-0.39, 0.29) is 10.7 Å². The number of nitrogens with zero attached hydrogens (tertiary/aromatic N) is 1. The number of benzene rings is 3. The molecule has 0 saturated carbocycles. The smallest absolute Gasteiger partial charge is 0.244 e. The third-order valence-corrected chi connectivity index (χ3v) is 6.93. The van der Waals surface area contributed by atoms with Crippen molar-refractivity contribution in [1.29, 1.82) is 0 Å². The van der Waals surface area contributed by atoms with Gasteiger partial charge in [-0.25, -0.2) is 8.42 Å². The SMILES string of the molecule is COc1ccc(N([C@@H](C)C(=O)N[C@H](c2ccccc2)c2ccccc2C)S(C)(=O)=O)cc1Cl. The van der Waals surface area contributed by atoms with Crippen LogP contribution in [0.25, 0.3) is 0 Å². The van der Waals surface area contributed by atoms with Crippen LogP contribution in [-0.2, 0) is 14.8 Å². The Morgan fingerprint density at radius 2 is 1.67 bits per heavy atom. The fourth-order valence-electron chi connectivity index (χ4n) is 3.76. The number of methoxy groups -OCH3 is 1. The quantitative estimate of drug-likeness (QED) is 0.500. The summed E-state index contributed by atoms with van der Waals surface area (Å²) < 4.78 is 31.6. The van der Waals surface area contributed by atoms with Crippen molar-refractivity contribution in [3.05, 3.63) is 94.5 Å². The van der Waals surface area contributed by atoms with Crippen molar-refractivity contribution in [1.82, 2.24) is 5.32 Å². The Labute approximate surface area is 200 Å². The molecule has 0 unspecified atom stereocenters. The molecule has 2 atom stereocenters. The van der Waals surface area contributed by atoms with E-state index in [9.17, 15) is 13.2 Å². The minimum absolute atomic E-state index is 0.248. The maximum Gasteiger partial charge on any atom is 0.244 e. The molecule has 1 N–H and O–H groups in total. The lowest BCUT2D eigenvalue weighted by Gasteiger charge is -2.30. The number of hydrogen-bond donors (Lipinski definition) is 1. The lowest BCUT2D eigenvalue weighted by Crippen LogP contribution is -2.48. The van der Waals surface area contributed by atoms with E-state index in [4.69, 9.17) is 16.3 Å². The molecule has 0 heterocycles. The highest BCUT2D eigenvalue weighted by molar-refractivity contribution is 7.92. The molecule has 0 saturated heterocycles. The Balaban J connectivity index is 1.98. The van der Waals surface area contributed by atoms with Crippen LogP contribution in [-0.4, -0.2) is 33.7 Å². The number of ether oxygens (including phenoxy) is 1. The number of aryl methyl sites for hydroxylation is 1. The summed E-state index contributed by atoms with van der Waals surface area (Å²) in [5.41, 5.74) is 3.12. The van der Waals surface area contributed by atoms with Gasteiger partial charge in [0.2, 0.25) is 15.9 Å². The second-order valence-electron chi connectivity index (χ2n) is 7.76. The summed E-state index contributed by atoms with van der Waals surface area (Å²) in [6.45, 7) is 3.53. The van der Waals surface area contributed by atoms with Crippen molar-refractivity contribution in [2.24, 2.45) is 0 Å². The van der Waals surface area contributed by atoms with Gasteiger partial charge in [0.15, 0.2) is 0 Å². The first-order chi connectivity index (χ1) is 15.6. The molecule has 0 fully saturated rings. The number of hydrogen-bond acceptors (Lipinski definition) is 4. The number of anilines is 1. The standard InChI is InChI=1S/C25H27ClN2O4S/c1-17-10-8-9-13-21(17)24(19-11-6-5-7-12-19)27-25(29)18(2)28(33(4,30)31)20-14-15-23(32-3)22(26)16-20/h5-16,18,24H,1-4H3,(H,27,29)/t18-,24+/m0/s1. The van der Waals surface area contributed by atoms with Gasteiger partial charge < -0.3 is 10.1 Å². The Morgan fingerprint density at radius 1 is 1.03 bits per heavy atom. The molecule has 0 radical (unpaired) electrons. The molecule has 0 spiro atoms. The van der Waals surface area contributed by atoms with Gasteiger partial charge in [-0.2, -0.15) is 0 Å². The number of nitrogens with one attached hydrogen (secondary N) is 1. The van der Waals surface area contributed by atoms with E-state index in [0.717, 1.165) is 27.3 Å². The van der Waals surface area contributed by atoms with Crippen LogP contribution in [0.2, 0.25) is 5.02 Å². The summed E-state index contributed by atoms with van der Waals surface area (Å²) in [7, 11) is -2.33. The van der Waals surface area contributed by atoms with E-state index in [2.05, 4.69) is 5.32 Å². The number of carbonyl (C=O) groups excluding carboxylic acids is 1. The largest absolute Gasteiger partial charge is 0.495 e. The second-order valence-corrected chi connectivity index (χ2v) is 10.0. The van der Waals surface area contributed by atoms with E-state index in [1.54, 1.807) is 19.1 Å². The number of sulfonamides is 1. The van der Waals surface area contributed by atoms with Crippen LogP contribution in [0.4, 0.5) is 5.69 Å². The average Bonchev–Trinajstić information content (AvgIpc) is 2.78. The first kappa shape index (κ1) is 24.6. The molecular weight excluding hydrogens is 460 g/mol. The molecule has 0 aliphatic heterocycles. The van der Waals surface area contributed by atoms with Crippen LogP contribution in [0.15, 0.2) is 72.8 Å². The van der Waals surface area contributed by atoms with Gasteiger partial charge in [0.25, 0.3) is 0 Å². The zero-order chi connectivity index (χ0) is 24.2. The molecule has 3 aromatic carbocycles. The van der Waals surface area contributed by atoms with Gasteiger partial charge >= 0.3 is 0 Å². The summed E-state index contributed by atoms with van der Waals surface area (Å²) in [4.78, 5) is 13.4. The van der Waals surface area contributed by atoms with Gasteiger partial charge in [-0.3, -0.25) is 9.10 Å². The Hall–Kier alpha value is -3.03. The van der Waals surface area contributed by atoms with Crippen molar-refractivity contribution >= 4 is 33.2 Å². The fourth-order valence-corrected chi connectivity index (χ4v) is 5.18. The average molecular weight is 487 g/mol. The number of amides is 1. The molecule has 6 nitrogen and oxygen atoms in total. The fraction of sp³-hybridized carbons (Fsp3) is 0.240. The Kier molecular flexibility index (Phi) is 7.66. The summed E-state index contributed by atoms with van der Waals surface area (Å²) in [6, 6.07) is 20.5. The van der Waals surface area contributed by atoms with E-state index in [0.29, 0.717) is 5.75 Å². The van der Waals surface area contributed by atoms with Crippen molar-refractivity contribution in [3.8, 4) is 5.75 Å². The topological polar surface area (TPSA) is 75.7 Å². The monoisotopic (exact) mass is 486 g/mol. The first-order valence-corrected chi connectivity index (χ1v) is 12.6. The molecule has 0 bridgehead atoms. The molecule has 1 amide bonds. The second kappa shape index (κ2) is 10.3. The third-order valence-electron chi connectivity index (χ3n) is 5.40. The van der Waals surface area contributed by atoms with Crippen molar-refractivity contribution in [2.45, 2.75) is 25.9 Å². The van der Waals surface area contributed by atoms with E-state index < -0.39 is 28.0 Å². The van der Waals surface area contributed by atoms with Gasteiger partial charge in [-0.05, 0) is 48.7 Å². The Morgan fingerprint density at radius 3 is 2.24 bits per heavy atom. The molecule has 8 heteroatoms. The van der Waals surface area contributed by atoms with Crippen LogP contribution in [0.5, 0.6) is 5.75 Å². The van der Waals surface area contributed by atoms with Crippen LogP contribution in [0, 0.1) is 6.92 Å². The highest BCUT2D eigenvalue weighted by Crippen LogP contribution is 2.32. The third kappa shape index (κ3) is 5.67. The normalized spacial score (nSPS) is 13.1. The number of carbonyl (C=O) groups is 1. The highest BCUT2D eigenvalue weighted by Gasteiger charge is 2.31. The van der Waals surface area contributed by atoms with E-state index in [1.807, 2.05) is 61.5 Å². The molecular formula is C25H27ClN2O4S. The Bertz CT molecular complexity index is 1230. The number of halogens is 1. The zero-order valence-corrected chi connectivity index (χ0v) is 20.5. The van der Waals surface area contributed by atoms with Gasteiger partial charge in [0.05, 0.1) is 30.1 Å². The highest BCUT2D eigenvalue weighted by atomic mass is 35.5. The van der Waals surface area contributed by atoms with Crippen molar-refractivity contribution < 1.29 is 17.9 Å². The van der Waals surface area contributed by atoms with Crippen LogP contribution in [0.3, 0.4) is 0 Å². The van der Waals surface area contributed by atoms with Crippen LogP contribution in [0.1, 0.15) is 29.7 Å². The van der Waals surface area contributed by atoms with Crippen molar-refractivity contribution in [3.63, 3.8) is 0 Å². The lowest BCUT2D eigenvalue weighted by molar-refractivity contribution is -0.122. The summed E-state index contributed by atoms with van der Waals surface area (Å²) in [5, 5.41) is 3.30. The summed E-state index contributed by atoms with van der Waals surface area (Å²) >= 11 is 6.22. The van der Waals surface area contributed by atoms with Crippen molar-refractivity contribution in [2.75, 3.05) is 17.7 Å². The van der Waals surface area contributed by atoms with Gasteiger partial charge in [0.1, 0.15) is 11.8 Å². The summed E-state index contributed by atoms with van der Waals surface area (Å²) in [5.74, 6) is -0.0286. The molecule has 33 heavy (non-hydrogen) atoms. The summed E-state index contributed by atoms with van der Waals surface area (Å²) in [6.07, 6.45) is 1.06. The predicted molar refractivity (Wildman–Crippen MR) is 132 cm³/mol. The molecule has 3 aromatic rings. The van der Waals surface area contributed by atoms with E-state index in [1.165, 1.54) is 13.2 Å². The zero-order valence-electron chi connectivity index (χ0n) is 18.9. The van der Waals surface area contributed by atoms with E-state index >= 15 is 0 Å². The predicted octanol–water partition coefficient (Wildman–Crippen LogP) is 4.72. The minimum Gasteiger partial charge on any atom is -0.495 e. The number of rotatable bonds is 8. The molecule has 0 aliphatic carbocycles. The van der Waals surface area contributed by atoms with Gasteiger partial charge in [-0.1, -0.05) is 66.2 Å². The molecule has 174 valence electrons. The molecule has 0 aliphatic rings. The maximum atomic E-state index is 13.4. The first-order valence-electron chi connectivity index (χ1n) is 10.4. The maximum absolute atomic E-state index is 13.4. The molecule has 3 rings (SSSR count). The molecule has 0 aromatic heterocycles.